The zero-order valence-corrected chi connectivity index (χ0v) is 8.22. The maximum Gasteiger partial charge on any atom is 0.320 e. The molecule has 1 aliphatic heterocycles. The number of ether oxygens (including phenoxy) is 1. The van der Waals surface area contributed by atoms with E-state index in [0.717, 1.165) is 17.7 Å². The molecule has 0 bridgehead atoms. The van der Waals surface area contributed by atoms with E-state index in [1.807, 2.05) is 24.3 Å². The third-order valence-electron chi connectivity index (χ3n) is 2.55. The Kier molecular flexibility index (Phi) is 2.60. The van der Waals surface area contributed by atoms with Crippen LogP contribution in [0.5, 0.6) is 5.75 Å². The molecule has 80 valence electrons. The van der Waals surface area contributed by atoms with Crippen molar-refractivity contribution in [1.29, 1.82) is 0 Å². The molecule has 3 N–H and O–H groups in total. The number of hydrogen-bond donors (Lipinski definition) is 2. The molecule has 0 saturated heterocycles. The zero-order valence-electron chi connectivity index (χ0n) is 8.22. The molecule has 1 aromatic carbocycles. The second kappa shape index (κ2) is 3.90. The summed E-state index contributed by atoms with van der Waals surface area (Å²) in [7, 11) is 0. The van der Waals surface area contributed by atoms with Gasteiger partial charge in [0.2, 0.25) is 0 Å². The molecular formula is C11H13NO3. The smallest absolute Gasteiger partial charge is 0.320 e. The molecule has 2 unspecified atom stereocenters. The highest BCUT2D eigenvalue weighted by Gasteiger charge is 2.26. The Labute approximate surface area is 87.7 Å². The third kappa shape index (κ3) is 2.10. The molecule has 4 heteroatoms. The maximum absolute atomic E-state index is 10.6. The fraction of sp³-hybridized carbons (Fsp3) is 0.364. The summed E-state index contributed by atoms with van der Waals surface area (Å²) in [4.78, 5) is 10.6. The second-order valence-electron chi connectivity index (χ2n) is 3.73. The van der Waals surface area contributed by atoms with Crippen molar-refractivity contribution in [3.63, 3.8) is 0 Å². The number of para-hydroxylation sites is 1. The molecule has 0 amide bonds. The number of carboxylic acids is 1. The van der Waals surface area contributed by atoms with Crippen LogP contribution in [-0.4, -0.2) is 23.2 Å². The van der Waals surface area contributed by atoms with Crippen molar-refractivity contribution in [2.75, 3.05) is 0 Å². The van der Waals surface area contributed by atoms with E-state index in [0.29, 0.717) is 6.42 Å². The molecule has 2 atom stereocenters. The molecule has 15 heavy (non-hydrogen) atoms. The molecule has 0 spiro atoms. The molecule has 0 aliphatic carbocycles. The van der Waals surface area contributed by atoms with Crippen molar-refractivity contribution in [3.8, 4) is 5.75 Å². The summed E-state index contributed by atoms with van der Waals surface area (Å²) < 4.78 is 5.58. The van der Waals surface area contributed by atoms with Gasteiger partial charge in [-0.25, -0.2) is 0 Å². The number of rotatable bonds is 3. The number of nitrogens with two attached hydrogens (primary N) is 1. The summed E-state index contributed by atoms with van der Waals surface area (Å²) in [6.07, 6.45) is 0.995. The van der Waals surface area contributed by atoms with Gasteiger partial charge < -0.3 is 15.6 Å². The standard InChI is InChI=1S/C11H13NO3/c12-9(11(13)14)6-8-5-7-3-1-2-4-10(7)15-8/h1-4,8-9H,5-6,12H2,(H,13,14). The Hall–Kier alpha value is -1.55. The maximum atomic E-state index is 10.6. The van der Waals surface area contributed by atoms with Crippen LogP contribution >= 0.6 is 0 Å². The van der Waals surface area contributed by atoms with Crippen LogP contribution in [0.15, 0.2) is 24.3 Å². The molecule has 1 aliphatic rings. The average molecular weight is 207 g/mol. The molecule has 1 heterocycles. The van der Waals surface area contributed by atoms with Crippen molar-refractivity contribution < 1.29 is 14.6 Å². The van der Waals surface area contributed by atoms with Crippen molar-refractivity contribution in [1.82, 2.24) is 0 Å². The first kappa shape index (κ1) is 9.98. The Morgan fingerprint density at radius 2 is 2.33 bits per heavy atom. The van der Waals surface area contributed by atoms with Crippen molar-refractivity contribution in [2.24, 2.45) is 5.73 Å². The summed E-state index contributed by atoms with van der Waals surface area (Å²) in [6, 6.07) is 6.88. The Morgan fingerprint density at radius 3 is 3.00 bits per heavy atom. The number of carbonyl (C=O) groups is 1. The van der Waals surface area contributed by atoms with E-state index in [2.05, 4.69) is 0 Å². The quantitative estimate of drug-likeness (QED) is 0.768. The van der Waals surface area contributed by atoms with Gasteiger partial charge in [-0.2, -0.15) is 0 Å². The molecule has 0 fully saturated rings. The van der Waals surface area contributed by atoms with Gasteiger partial charge in [0.1, 0.15) is 17.9 Å². The van der Waals surface area contributed by atoms with Gasteiger partial charge in [-0.15, -0.1) is 0 Å². The first-order chi connectivity index (χ1) is 7.16. The largest absolute Gasteiger partial charge is 0.490 e. The minimum Gasteiger partial charge on any atom is -0.490 e. The molecule has 0 radical (unpaired) electrons. The summed E-state index contributed by atoms with van der Waals surface area (Å²) in [5.41, 5.74) is 6.58. The van der Waals surface area contributed by atoms with Gasteiger partial charge in [0.05, 0.1) is 0 Å². The summed E-state index contributed by atoms with van der Waals surface area (Å²) in [5.74, 6) is -0.130. The SMILES string of the molecule is NC(CC1Cc2ccccc2O1)C(=O)O. The number of hydrogen-bond acceptors (Lipinski definition) is 3. The van der Waals surface area contributed by atoms with E-state index in [4.69, 9.17) is 15.6 Å². The molecule has 0 aromatic heterocycles. The first-order valence-corrected chi connectivity index (χ1v) is 4.90. The van der Waals surface area contributed by atoms with Gasteiger partial charge in [-0.05, 0) is 11.6 Å². The van der Waals surface area contributed by atoms with Crippen LogP contribution in [0.1, 0.15) is 12.0 Å². The van der Waals surface area contributed by atoms with Crippen LogP contribution in [0.3, 0.4) is 0 Å². The van der Waals surface area contributed by atoms with E-state index in [1.54, 1.807) is 0 Å². The molecule has 2 rings (SSSR count). The van der Waals surface area contributed by atoms with Crippen LogP contribution in [0.4, 0.5) is 0 Å². The van der Waals surface area contributed by atoms with E-state index in [1.165, 1.54) is 0 Å². The predicted molar refractivity (Wildman–Crippen MR) is 54.8 cm³/mol. The van der Waals surface area contributed by atoms with E-state index >= 15 is 0 Å². The minimum absolute atomic E-state index is 0.103. The van der Waals surface area contributed by atoms with E-state index in [-0.39, 0.29) is 6.10 Å². The van der Waals surface area contributed by atoms with Gasteiger partial charge in [0.25, 0.3) is 0 Å². The highest BCUT2D eigenvalue weighted by atomic mass is 16.5. The van der Waals surface area contributed by atoms with Gasteiger partial charge in [0, 0.05) is 12.8 Å². The van der Waals surface area contributed by atoms with Crippen LogP contribution < -0.4 is 10.5 Å². The number of benzene rings is 1. The molecule has 1 aromatic rings. The summed E-state index contributed by atoms with van der Waals surface area (Å²) in [6.45, 7) is 0. The number of aliphatic carboxylic acids is 1. The molecular weight excluding hydrogens is 194 g/mol. The summed E-state index contributed by atoms with van der Waals surface area (Å²) >= 11 is 0. The van der Waals surface area contributed by atoms with Crippen molar-refractivity contribution >= 4 is 5.97 Å². The zero-order chi connectivity index (χ0) is 10.8. The fourth-order valence-corrected chi connectivity index (χ4v) is 1.77. The van der Waals surface area contributed by atoms with E-state index in [9.17, 15) is 4.79 Å². The monoisotopic (exact) mass is 207 g/mol. The van der Waals surface area contributed by atoms with E-state index < -0.39 is 12.0 Å². The van der Waals surface area contributed by atoms with Crippen LogP contribution in [-0.2, 0) is 11.2 Å². The fourth-order valence-electron chi connectivity index (χ4n) is 1.77. The Balaban J connectivity index is 1.99. The van der Waals surface area contributed by atoms with Gasteiger partial charge in [-0.3, -0.25) is 4.79 Å². The minimum atomic E-state index is -0.977. The second-order valence-corrected chi connectivity index (χ2v) is 3.73. The lowest BCUT2D eigenvalue weighted by atomic mass is 10.0. The average Bonchev–Trinajstić information content (AvgIpc) is 2.59. The predicted octanol–water partition coefficient (Wildman–Crippen LogP) is 0.792. The van der Waals surface area contributed by atoms with Crippen molar-refractivity contribution in [2.45, 2.75) is 25.0 Å². The lowest BCUT2D eigenvalue weighted by Gasteiger charge is -2.12. The Bertz CT molecular complexity index is 353. The van der Waals surface area contributed by atoms with Gasteiger partial charge in [0.15, 0.2) is 0 Å². The normalized spacial score (nSPS) is 20.5. The topological polar surface area (TPSA) is 72.5 Å². The van der Waals surface area contributed by atoms with Gasteiger partial charge in [-0.1, -0.05) is 18.2 Å². The summed E-state index contributed by atoms with van der Waals surface area (Å²) in [5, 5.41) is 8.68. The lowest BCUT2D eigenvalue weighted by Crippen LogP contribution is -2.35. The van der Waals surface area contributed by atoms with Gasteiger partial charge >= 0.3 is 5.97 Å². The molecule has 4 nitrogen and oxygen atoms in total. The molecule has 0 saturated carbocycles. The Morgan fingerprint density at radius 1 is 1.60 bits per heavy atom. The van der Waals surface area contributed by atoms with Crippen molar-refractivity contribution in [3.05, 3.63) is 29.8 Å². The van der Waals surface area contributed by atoms with Crippen LogP contribution in [0.25, 0.3) is 0 Å². The number of carboxylic acid groups (broad SMARTS) is 1. The van der Waals surface area contributed by atoms with Crippen LogP contribution in [0.2, 0.25) is 0 Å². The van der Waals surface area contributed by atoms with Crippen LogP contribution in [0, 0.1) is 0 Å². The third-order valence-corrected chi connectivity index (χ3v) is 2.55. The highest BCUT2D eigenvalue weighted by Crippen LogP contribution is 2.29. The first-order valence-electron chi connectivity index (χ1n) is 4.90. The lowest BCUT2D eigenvalue weighted by molar-refractivity contribution is -0.139. The highest BCUT2D eigenvalue weighted by molar-refractivity contribution is 5.73. The number of fused-ring (bicyclic) bond motifs is 1.